The number of hydrogen-bond acceptors (Lipinski definition) is 3. The third-order valence-electron chi connectivity index (χ3n) is 4.36. The summed E-state index contributed by atoms with van der Waals surface area (Å²) < 4.78 is 0. The number of amides is 2. The Labute approximate surface area is 138 Å². The van der Waals surface area contributed by atoms with Crippen molar-refractivity contribution in [1.29, 1.82) is 0 Å². The number of carbonyl (C=O) groups is 2. The highest BCUT2D eigenvalue weighted by atomic mass is 16.2. The Bertz CT molecular complexity index is 551. The van der Waals surface area contributed by atoms with Crippen LogP contribution in [-0.4, -0.2) is 22.8 Å². The molecule has 1 atom stereocenters. The van der Waals surface area contributed by atoms with E-state index >= 15 is 0 Å². The predicted molar refractivity (Wildman–Crippen MR) is 90.9 cm³/mol. The fourth-order valence-corrected chi connectivity index (χ4v) is 2.99. The standard InChI is InChI=1S/C18H27N3O2/c1-12(2)16(21-17(22)14-9-5-4-6-10-14)18(23)20-15-11-7-8-13(3)19-15/h7-8,11-12,14,16H,4-6,9-10H2,1-3H3,(H,21,22)(H,19,20,23). The minimum Gasteiger partial charge on any atom is -0.344 e. The molecule has 1 fully saturated rings. The Kier molecular flexibility index (Phi) is 6.13. The van der Waals surface area contributed by atoms with E-state index in [2.05, 4.69) is 15.6 Å². The quantitative estimate of drug-likeness (QED) is 0.877. The van der Waals surface area contributed by atoms with Crippen LogP contribution in [0.25, 0.3) is 0 Å². The van der Waals surface area contributed by atoms with Crippen LogP contribution in [0.4, 0.5) is 5.82 Å². The minimum absolute atomic E-state index is 0.00996. The summed E-state index contributed by atoms with van der Waals surface area (Å²) in [6, 6.07) is 4.95. The number of carbonyl (C=O) groups excluding carboxylic acids is 2. The molecule has 0 saturated heterocycles. The monoisotopic (exact) mass is 317 g/mol. The van der Waals surface area contributed by atoms with Gasteiger partial charge in [0.25, 0.3) is 0 Å². The molecule has 1 heterocycles. The Hall–Kier alpha value is -1.91. The third kappa shape index (κ3) is 5.05. The number of aryl methyl sites for hydroxylation is 1. The molecule has 0 aliphatic heterocycles. The Morgan fingerprint density at radius 3 is 2.48 bits per heavy atom. The van der Waals surface area contributed by atoms with Gasteiger partial charge in [0.05, 0.1) is 0 Å². The molecule has 23 heavy (non-hydrogen) atoms. The van der Waals surface area contributed by atoms with E-state index in [9.17, 15) is 9.59 Å². The number of hydrogen-bond donors (Lipinski definition) is 2. The zero-order valence-corrected chi connectivity index (χ0v) is 14.3. The largest absolute Gasteiger partial charge is 0.344 e. The SMILES string of the molecule is Cc1cccc(NC(=O)C(NC(=O)C2CCCCC2)C(C)C)n1. The smallest absolute Gasteiger partial charge is 0.248 e. The fraction of sp³-hybridized carbons (Fsp3) is 0.611. The van der Waals surface area contributed by atoms with Crippen LogP contribution in [0.5, 0.6) is 0 Å². The number of anilines is 1. The first-order valence-electron chi connectivity index (χ1n) is 8.52. The molecule has 0 aromatic carbocycles. The van der Waals surface area contributed by atoms with E-state index in [1.807, 2.05) is 32.9 Å². The van der Waals surface area contributed by atoms with E-state index in [4.69, 9.17) is 0 Å². The second kappa shape index (κ2) is 8.09. The van der Waals surface area contributed by atoms with Crippen molar-refractivity contribution in [3.63, 3.8) is 0 Å². The normalized spacial score (nSPS) is 16.9. The van der Waals surface area contributed by atoms with Crippen molar-refractivity contribution in [3.05, 3.63) is 23.9 Å². The van der Waals surface area contributed by atoms with Crippen LogP contribution >= 0.6 is 0 Å². The average molecular weight is 317 g/mol. The summed E-state index contributed by atoms with van der Waals surface area (Å²) in [6.45, 7) is 5.75. The second-order valence-electron chi connectivity index (χ2n) is 6.72. The molecule has 1 aliphatic rings. The van der Waals surface area contributed by atoms with E-state index in [1.165, 1.54) is 6.42 Å². The number of nitrogens with zero attached hydrogens (tertiary/aromatic N) is 1. The van der Waals surface area contributed by atoms with Crippen molar-refractivity contribution in [2.24, 2.45) is 11.8 Å². The van der Waals surface area contributed by atoms with Crippen molar-refractivity contribution in [2.75, 3.05) is 5.32 Å². The lowest BCUT2D eigenvalue weighted by Gasteiger charge is -2.26. The molecule has 1 aromatic heterocycles. The molecule has 2 amide bonds. The summed E-state index contributed by atoms with van der Waals surface area (Å²) in [5, 5.41) is 5.75. The zero-order valence-electron chi connectivity index (χ0n) is 14.3. The lowest BCUT2D eigenvalue weighted by Crippen LogP contribution is -2.49. The molecule has 1 unspecified atom stereocenters. The number of nitrogens with one attached hydrogen (secondary N) is 2. The van der Waals surface area contributed by atoms with Gasteiger partial charge in [-0.2, -0.15) is 0 Å². The van der Waals surface area contributed by atoms with E-state index in [1.54, 1.807) is 6.07 Å². The first-order valence-corrected chi connectivity index (χ1v) is 8.52. The molecule has 2 rings (SSSR count). The lowest BCUT2D eigenvalue weighted by molar-refractivity contribution is -0.130. The van der Waals surface area contributed by atoms with Crippen LogP contribution in [0.3, 0.4) is 0 Å². The van der Waals surface area contributed by atoms with Crippen molar-refractivity contribution in [1.82, 2.24) is 10.3 Å². The summed E-state index contributed by atoms with van der Waals surface area (Å²) in [4.78, 5) is 29.2. The second-order valence-corrected chi connectivity index (χ2v) is 6.72. The van der Waals surface area contributed by atoms with Gasteiger partial charge in [0, 0.05) is 11.6 Å². The van der Waals surface area contributed by atoms with Crippen molar-refractivity contribution >= 4 is 17.6 Å². The van der Waals surface area contributed by atoms with Gasteiger partial charge in [-0.1, -0.05) is 39.2 Å². The molecule has 1 aliphatic carbocycles. The van der Waals surface area contributed by atoms with Crippen LogP contribution in [0, 0.1) is 18.8 Å². The topological polar surface area (TPSA) is 71.1 Å². The van der Waals surface area contributed by atoms with Crippen LogP contribution in [0.1, 0.15) is 51.6 Å². The van der Waals surface area contributed by atoms with Crippen LogP contribution < -0.4 is 10.6 Å². The molecule has 5 heteroatoms. The Balaban J connectivity index is 1.99. The highest BCUT2D eigenvalue weighted by Crippen LogP contribution is 2.24. The van der Waals surface area contributed by atoms with E-state index < -0.39 is 6.04 Å². The van der Waals surface area contributed by atoms with Gasteiger partial charge in [0.15, 0.2) is 0 Å². The molecule has 1 aromatic rings. The molecule has 2 N–H and O–H groups in total. The van der Waals surface area contributed by atoms with Gasteiger partial charge in [-0.3, -0.25) is 9.59 Å². The first kappa shape index (κ1) is 17.4. The average Bonchev–Trinajstić information content (AvgIpc) is 2.52. The molecule has 0 radical (unpaired) electrons. The Morgan fingerprint density at radius 2 is 1.87 bits per heavy atom. The van der Waals surface area contributed by atoms with Crippen molar-refractivity contribution < 1.29 is 9.59 Å². The van der Waals surface area contributed by atoms with Crippen LogP contribution in [0.15, 0.2) is 18.2 Å². The summed E-state index contributed by atoms with van der Waals surface area (Å²) in [5.41, 5.74) is 0.843. The van der Waals surface area contributed by atoms with Crippen LogP contribution in [0.2, 0.25) is 0 Å². The molecule has 5 nitrogen and oxygen atoms in total. The predicted octanol–water partition coefficient (Wildman–Crippen LogP) is 3.05. The third-order valence-corrected chi connectivity index (χ3v) is 4.36. The van der Waals surface area contributed by atoms with E-state index in [-0.39, 0.29) is 23.7 Å². The summed E-state index contributed by atoms with van der Waals surface area (Å²) in [6.07, 6.45) is 5.26. The number of aromatic nitrogens is 1. The van der Waals surface area contributed by atoms with E-state index in [0.717, 1.165) is 31.4 Å². The van der Waals surface area contributed by atoms with Gasteiger partial charge in [-0.05, 0) is 37.8 Å². The lowest BCUT2D eigenvalue weighted by atomic mass is 9.88. The van der Waals surface area contributed by atoms with Gasteiger partial charge in [0.2, 0.25) is 11.8 Å². The minimum atomic E-state index is -0.535. The maximum atomic E-state index is 12.5. The van der Waals surface area contributed by atoms with E-state index in [0.29, 0.717) is 5.82 Å². The van der Waals surface area contributed by atoms with Crippen molar-refractivity contribution in [2.45, 2.75) is 58.9 Å². The highest BCUT2D eigenvalue weighted by molar-refractivity contribution is 5.97. The number of rotatable bonds is 5. The molecule has 126 valence electrons. The summed E-state index contributed by atoms with van der Waals surface area (Å²) in [7, 11) is 0. The number of pyridine rings is 1. The van der Waals surface area contributed by atoms with Gasteiger partial charge in [0.1, 0.15) is 11.9 Å². The summed E-state index contributed by atoms with van der Waals surface area (Å²) in [5.74, 6) is 0.396. The fourth-order valence-electron chi connectivity index (χ4n) is 2.99. The van der Waals surface area contributed by atoms with Gasteiger partial charge < -0.3 is 10.6 Å². The summed E-state index contributed by atoms with van der Waals surface area (Å²) >= 11 is 0. The van der Waals surface area contributed by atoms with Crippen molar-refractivity contribution in [3.8, 4) is 0 Å². The van der Waals surface area contributed by atoms with Gasteiger partial charge >= 0.3 is 0 Å². The molecule has 1 saturated carbocycles. The van der Waals surface area contributed by atoms with Gasteiger partial charge in [-0.15, -0.1) is 0 Å². The first-order chi connectivity index (χ1) is 11.0. The van der Waals surface area contributed by atoms with Gasteiger partial charge in [-0.25, -0.2) is 4.98 Å². The maximum absolute atomic E-state index is 12.5. The maximum Gasteiger partial charge on any atom is 0.248 e. The molecular weight excluding hydrogens is 290 g/mol. The molecular formula is C18H27N3O2. The zero-order chi connectivity index (χ0) is 16.8. The van der Waals surface area contributed by atoms with Crippen LogP contribution in [-0.2, 0) is 9.59 Å². The molecule has 0 bridgehead atoms. The Morgan fingerprint density at radius 1 is 1.17 bits per heavy atom. The highest BCUT2D eigenvalue weighted by Gasteiger charge is 2.28. The molecule has 0 spiro atoms.